The molecule has 1 saturated heterocycles. The fraction of sp³-hybridized carbons (Fsp3) is 0.222. The zero-order valence-electron chi connectivity index (χ0n) is 13.5. The van der Waals surface area contributed by atoms with Crippen LogP contribution >= 0.6 is 0 Å². The standard InChI is InChI=1S/C18H17FN4O2/c19-13-5-1-2-7-15(13)22-8-10-23(11-9-22)17(24)12-4-3-6-14-16(12)21-18(25)20-14/h1-7H,8-11H2,(H2,20,21,25). The van der Waals surface area contributed by atoms with E-state index in [0.717, 1.165) is 0 Å². The Bertz CT molecular complexity index is 986. The number of anilines is 1. The molecule has 2 aromatic carbocycles. The van der Waals surface area contributed by atoms with E-state index >= 15 is 0 Å². The van der Waals surface area contributed by atoms with E-state index in [-0.39, 0.29) is 17.4 Å². The lowest BCUT2D eigenvalue weighted by Gasteiger charge is -2.36. The van der Waals surface area contributed by atoms with Gasteiger partial charge in [0.1, 0.15) is 5.82 Å². The van der Waals surface area contributed by atoms with Crippen molar-refractivity contribution in [1.29, 1.82) is 0 Å². The molecule has 0 saturated carbocycles. The van der Waals surface area contributed by atoms with Crippen LogP contribution in [0, 0.1) is 5.82 Å². The maximum Gasteiger partial charge on any atom is 0.323 e. The molecular weight excluding hydrogens is 323 g/mol. The summed E-state index contributed by atoms with van der Waals surface area (Å²) in [5.41, 5.74) is 1.83. The molecule has 128 valence electrons. The van der Waals surface area contributed by atoms with Gasteiger partial charge in [-0.3, -0.25) is 4.79 Å². The van der Waals surface area contributed by atoms with Crippen LogP contribution in [0.4, 0.5) is 10.1 Å². The van der Waals surface area contributed by atoms with Crippen LogP contribution in [-0.2, 0) is 0 Å². The highest BCUT2D eigenvalue weighted by Gasteiger charge is 2.25. The summed E-state index contributed by atoms with van der Waals surface area (Å²) in [5.74, 6) is -0.383. The molecule has 25 heavy (non-hydrogen) atoms. The maximum atomic E-state index is 13.9. The van der Waals surface area contributed by atoms with Gasteiger partial charge in [-0.1, -0.05) is 18.2 Å². The highest BCUT2D eigenvalue weighted by atomic mass is 19.1. The first kappa shape index (κ1) is 15.4. The molecule has 1 amide bonds. The van der Waals surface area contributed by atoms with Crippen molar-refractivity contribution in [1.82, 2.24) is 14.9 Å². The number of hydrogen-bond acceptors (Lipinski definition) is 3. The van der Waals surface area contributed by atoms with Gasteiger partial charge in [0.15, 0.2) is 0 Å². The largest absolute Gasteiger partial charge is 0.366 e. The van der Waals surface area contributed by atoms with Gasteiger partial charge < -0.3 is 19.8 Å². The predicted octanol–water partition coefficient (Wildman–Crippen LogP) is 1.96. The normalized spacial score (nSPS) is 14.9. The Balaban J connectivity index is 1.53. The molecule has 1 aromatic heterocycles. The molecule has 4 rings (SSSR count). The molecule has 3 aromatic rings. The number of amides is 1. The molecule has 0 aliphatic carbocycles. The molecule has 0 unspecified atom stereocenters. The van der Waals surface area contributed by atoms with Crippen molar-refractivity contribution in [3.05, 3.63) is 64.3 Å². The van der Waals surface area contributed by atoms with Crippen LogP contribution in [0.15, 0.2) is 47.3 Å². The van der Waals surface area contributed by atoms with Crippen molar-refractivity contribution in [3.8, 4) is 0 Å². The Morgan fingerprint density at radius 3 is 2.48 bits per heavy atom. The van der Waals surface area contributed by atoms with E-state index in [2.05, 4.69) is 9.97 Å². The molecule has 0 bridgehead atoms. The van der Waals surface area contributed by atoms with E-state index < -0.39 is 0 Å². The third-order valence-electron chi connectivity index (χ3n) is 4.54. The summed E-state index contributed by atoms with van der Waals surface area (Å²) in [6.45, 7) is 2.12. The number of piperazine rings is 1. The number of carbonyl (C=O) groups is 1. The monoisotopic (exact) mass is 340 g/mol. The van der Waals surface area contributed by atoms with Crippen molar-refractivity contribution >= 4 is 22.6 Å². The topological polar surface area (TPSA) is 72.2 Å². The van der Waals surface area contributed by atoms with E-state index in [1.807, 2.05) is 4.90 Å². The van der Waals surface area contributed by atoms with Crippen molar-refractivity contribution in [3.63, 3.8) is 0 Å². The van der Waals surface area contributed by atoms with Crippen molar-refractivity contribution < 1.29 is 9.18 Å². The van der Waals surface area contributed by atoms with Crippen molar-refractivity contribution in [2.45, 2.75) is 0 Å². The van der Waals surface area contributed by atoms with Gasteiger partial charge in [-0.05, 0) is 24.3 Å². The number of aromatic nitrogens is 2. The van der Waals surface area contributed by atoms with Gasteiger partial charge in [-0.2, -0.15) is 0 Å². The van der Waals surface area contributed by atoms with E-state index in [4.69, 9.17) is 0 Å². The number of para-hydroxylation sites is 2. The molecule has 1 aliphatic rings. The van der Waals surface area contributed by atoms with Gasteiger partial charge in [0.25, 0.3) is 5.91 Å². The highest BCUT2D eigenvalue weighted by Crippen LogP contribution is 2.22. The number of nitrogens with one attached hydrogen (secondary N) is 2. The fourth-order valence-electron chi connectivity index (χ4n) is 3.27. The first-order valence-electron chi connectivity index (χ1n) is 8.13. The van der Waals surface area contributed by atoms with Gasteiger partial charge >= 0.3 is 5.69 Å². The Kier molecular flexibility index (Phi) is 3.76. The zero-order chi connectivity index (χ0) is 17.4. The third kappa shape index (κ3) is 2.77. The number of aromatic amines is 2. The van der Waals surface area contributed by atoms with Crippen LogP contribution in [0.1, 0.15) is 10.4 Å². The predicted molar refractivity (Wildman–Crippen MR) is 93.4 cm³/mol. The maximum absolute atomic E-state index is 13.9. The molecule has 2 heterocycles. The minimum atomic E-state index is -0.334. The first-order valence-corrected chi connectivity index (χ1v) is 8.13. The number of nitrogens with zero attached hydrogens (tertiary/aromatic N) is 2. The summed E-state index contributed by atoms with van der Waals surface area (Å²) in [6.07, 6.45) is 0. The second-order valence-electron chi connectivity index (χ2n) is 6.04. The lowest BCUT2D eigenvalue weighted by atomic mass is 10.1. The van der Waals surface area contributed by atoms with Crippen LogP contribution in [0.25, 0.3) is 11.0 Å². The smallest absolute Gasteiger partial charge is 0.323 e. The van der Waals surface area contributed by atoms with Gasteiger partial charge in [0, 0.05) is 26.2 Å². The molecule has 0 atom stereocenters. The van der Waals surface area contributed by atoms with Crippen LogP contribution < -0.4 is 10.6 Å². The minimum Gasteiger partial charge on any atom is -0.366 e. The van der Waals surface area contributed by atoms with Crippen LogP contribution in [-0.4, -0.2) is 47.0 Å². The average molecular weight is 340 g/mol. The first-order chi connectivity index (χ1) is 12.1. The Labute approximate surface area is 142 Å². The molecule has 0 spiro atoms. The van der Waals surface area contributed by atoms with E-state index in [1.165, 1.54) is 6.07 Å². The number of imidazole rings is 1. The molecule has 1 fully saturated rings. The van der Waals surface area contributed by atoms with Crippen molar-refractivity contribution in [2.75, 3.05) is 31.1 Å². The molecule has 0 radical (unpaired) electrons. The third-order valence-corrected chi connectivity index (χ3v) is 4.54. The van der Waals surface area contributed by atoms with E-state index in [9.17, 15) is 14.0 Å². The second-order valence-corrected chi connectivity index (χ2v) is 6.04. The number of halogens is 1. The number of H-pyrrole nitrogens is 2. The molecule has 6 nitrogen and oxygen atoms in total. The highest BCUT2D eigenvalue weighted by molar-refractivity contribution is 6.04. The summed E-state index contributed by atoms with van der Waals surface area (Å²) >= 11 is 0. The zero-order valence-corrected chi connectivity index (χ0v) is 13.5. The quantitative estimate of drug-likeness (QED) is 0.749. The average Bonchev–Trinajstić information content (AvgIpc) is 3.02. The lowest BCUT2D eigenvalue weighted by Crippen LogP contribution is -2.49. The molecule has 2 N–H and O–H groups in total. The number of hydrogen-bond donors (Lipinski definition) is 2. The molecule has 7 heteroatoms. The summed E-state index contributed by atoms with van der Waals surface area (Å²) in [6, 6.07) is 11.9. The van der Waals surface area contributed by atoms with E-state index in [0.29, 0.717) is 48.5 Å². The van der Waals surface area contributed by atoms with Crippen LogP contribution in [0.2, 0.25) is 0 Å². The number of benzene rings is 2. The van der Waals surface area contributed by atoms with Gasteiger partial charge in [0.2, 0.25) is 0 Å². The Morgan fingerprint density at radius 2 is 1.72 bits per heavy atom. The fourth-order valence-corrected chi connectivity index (χ4v) is 3.27. The molecule has 1 aliphatic heterocycles. The van der Waals surface area contributed by atoms with Crippen LogP contribution in [0.5, 0.6) is 0 Å². The second kappa shape index (κ2) is 6.08. The summed E-state index contributed by atoms with van der Waals surface area (Å²) < 4.78 is 13.9. The summed E-state index contributed by atoms with van der Waals surface area (Å²) in [5, 5.41) is 0. The Morgan fingerprint density at radius 1 is 0.960 bits per heavy atom. The van der Waals surface area contributed by atoms with Gasteiger partial charge in [-0.25, -0.2) is 9.18 Å². The number of fused-ring (bicyclic) bond motifs is 1. The van der Waals surface area contributed by atoms with Gasteiger partial charge in [0.05, 0.1) is 22.3 Å². The van der Waals surface area contributed by atoms with E-state index in [1.54, 1.807) is 41.3 Å². The number of rotatable bonds is 2. The van der Waals surface area contributed by atoms with Gasteiger partial charge in [-0.15, -0.1) is 0 Å². The van der Waals surface area contributed by atoms with Crippen LogP contribution in [0.3, 0.4) is 0 Å². The minimum absolute atomic E-state index is 0.131. The molecular formula is C18H17FN4O2. The Hall–Kier alpha value is -3.09. The lowest BCUT2D eigenvalue weighted by molar-refractivity contribution is 0.0748. The van der Waals surface area contributed by atoms with Crippen molar-refractivity contribution in [2.24, 2.45) is 0 Å². The number of carbonyl (C=O) groups excluding carboxylic acids is 1. The SMILES string of the molecule is O=C(c1cccc2[nH]c(=O)[nH]c12)N1CCN(c2ccccc2F)CC1. The summed E-state index contributed by atoms with van der Waals surface area (Å²) in [7, 11) is 0. The summed E-state index contributed by atoms with van der Waals surface area (Å²) in [4.78, 5) is 33.3.